The van der Waals surface area contributed by atoms with Crippen molar-refractivity contribution in [2.75, 3.05) is 11.9 Å². The Balaban J connectivity index is 1.39. The van der Waals surface area contributed by atoms with Crippen LogP contribution in [0.25, 0.3) is 0 Å². The molecule has 0 aliphatic carbocycles. The van der Waals surface area contributed by atoms with Gasteiger partial charge in [0.25, 0.3) is 0 Å². The van der Waals surface area contributed by atoms with Gasteiger partial charge in [-0.05, 0) is 36.2 Å². The molecule has 134 valence electrons. The van der Waals surface area contributed by atoms with E-state index in [1.54, 1.807) is 29.2 Å². The van der Waals surface area contributed by atoms with E-state index < -0.39 is 0 Å². The molecule has 5 nitrogen and oxygen atoms in total. The lowest BCUT2D eigenvalue weighted by atomic mass is 10.2. The molecule has 1 heterocycles. The van der Waals surface area contributed by atoms with E-state index in [4.69, 9.17) is 4.74 Å². The highest BCUT2D eigenvalue weighted by Crippen LogP contribution is 2.12. The summed E-state index contributed by atoms with van der Waals surface area (Å²) in [4.78, 5) is 12.0. The third-order valence-corrected chi connectivity index (χ3v) is 3.73. The van der Waals surface area contributed by atoms with Crippen molar-refractivity contribution in [3.8, 4) is 5.75 Å². The average molecular weight is 353 g/mol. The van der Waals surface area contributed by atoms with Crippen LogP contribution in [0.4, 0.5) is 10.1 Å². The fourth-order valence-corrected chi connectivity index (χ4v) is 2.46. The number of carbonyl (C=O) groups excluding carboxylic acids is 1. The monoisotopic (exact) mass is 353 g/mol. The van der Waals surface area contributed by atoms with Crippen LogP contribution in [0.15, 0.2) is 67.0 Å². The summed E-state index contributed by atoms with van der Waals surface area (Å²) in [6.45, 7) is 1.05. The Labute approximate surface area is 151 Å². The first-order valence-corrected chi connectivity index (χ1v) is 8.44. The summed E-state index contributed by atoms with van der Waals surface area (Å²) < 4.78 is 20.0. The van der Waals surface area contributed by atoms with Crippen molar-refractivity contribution in [2.24, 2.45) is 0 Å². The van der Waals surface area contributed by atoms with Gasteiger partial charge < -0.3 is 10.1 Å². The van der Waals surface area contributed by atoms with Gasteiger partial charge in [-0.25, -0.2) is 4.39 Å². The maximum absolute atomic E-state index is 12.8. The van der Waals surface area contributed by atoms with Crippen LogP contribution in [0.2, 0.25) is 0 Å². The minimum absolute atomic E-state index is 0.0908. The van der Waals surface area contributed by atoms with Crippen molar-refractivity contribution in [3.05, 3.63) is 78.4 Å². The van der Waals surface area contributed by atoms with E-state index in [2.05, 4.69) is 10.4 Å². The van der Waals surface area contributed by atoms with Crippen LogP contribution in [0.1, 0.15) is 18.4 Å². The normalized spacial score (nSPS) is 10.5. The van der Waals surface area contributed by atoms with Gasteiger partial charge in [-0.2, -0.15) is 5.10 Å². The maximum atomic E-state index is 12.8. The van der Waals surface area contributed by atoms with E-state index in [9.17, 15) is 9.18 Å². The van der Waals surface area contributed by atoms with Gasteiger partial charge in [0.1, 0.15) is 11.6 Å². The van der Waals surface area contributed by atoms with Crippen molar-refractivity contribution < 1.29 is 13.9 Å². The van der Waals surface area contributed by atoms with Crippen LogP contribution in [-0.4, -0.2) is 22.3 Å². The predicted octanol–water partition coefficient (Wildman–Crippen LogP) is 3.87. The number of hydrogen-bond donors (Lipinski definition) is 1. The van der Waals surface area contributed by atoms with E-state index in [0.29, 0.717) is 37.4 Å². The van der Waals surface area contributed by atoms with Gasteiger partial charge in [0.15, 0.2) is 0 Å². The molecule has 1 N–H and O–H groups in total. The number of benzene rings is 2. The number of nitrogens with zero attached hydrogens (tertiary/aromatic N) is 2. The molecule has 2 aromatic carbocycles. The van der Waals surface area contributed by atoms with E-state index in [0.717, 1.165) is 5.56 Å². The van der Waals surface area contributed by atoms with E-state index >= 15 is 0 Å². The molecule has 0 fully saturated rings. The summed E-state index contributed by atoms with van der Waals surface area (Å²) in [5, 5.41) is 7.08. The predicted molar refractivity (Wildman–Crippen MR) is 97.5 cm³/mol. The highest BCUT2D eigenvalue weighted by Gasteiger charge is 2.05. The molecular weight excluding hydrogens is 333 g/mol. The Kier molecular flexibility index (Phi) is 5.98. The minimum atomic E-state index is -0.301. The Morgan fingerprint density at radius 2 is 1.88 bits per heavy atom. The highest BCUT2D eigenvalue weighted by atomic mass is 19.1. The number of ether oxygens (including phenoxy) is 1. The average Bonchev–Trinajstić information content (AvgIpc) is 3.08. The number of hydrogen-bond acceptors (Lipinski definition) is 3. The van der Waals surface area contributed by atoms with Crippen LogP contribution in [-0.2, 0) is 11.3 Å². The summed E-state index contributed by atoms with van der Waals surface area (Å²) in [6.07, 6.45) is 4.35. The van der Waals surface area contributed by atoms with Crippen LogP contribution in [0.3, 0.4) is 0 Å². The number of anilines is 1. The Morgan fingerprint density at radius 3 is 2.65 bits per heavy atom. The topological polar surface area (TPSA) is 56.1 Å². The highest BCUT2D eigenvalue weighted by molar-refractivity contribution is 5.90. The third-order valence-electron chi connectivity index (χ3n) is 3.73. The molecule has 0 bridgehead atoms. The molecule has 3 aromatic rings. The summed E-state index contributed by atoms with van der Waals surface area (Å²) in [7, 11) is 0. The van der Waals surface area contributed by atoms with Gasteiger partial charge in [-0.3, -0.25) is 9.48 Å². The van der Waals surface area contributed by atoms with Crippen molar-refractivity contribution in [3.63, 3.8) is 0 Å². The molecule has 0 aliphatic heterocycles. The van der Waals surface area contributed by atoms with E-state index in [-0.39, 0.29) is 11.7 Å². The molecule has 1 aromatic heterocycles. The molecule has 26 heavy (non-hydrogen) atoms. The Bertz CT molecular complexity index is 832. The fourth-order valence-electron chi connectivity index (χ4n) is 2.46. The van der Waals surface area contributed by atoms with Gasteiger partial charge in [0, 0.05) is 12.6 Å². The summed E-state index contributed by atoms with van der Waals surface area (Å²) in [6, 6.07) is 15.8. The lowest BCUT2D eigenvalue weighted by Gasteiger charge is -2.06. The van der Waals surface area contributed by atoms with Crippen molar-refractivity contribution in [1.82, 2.24) is 9.78 Å². The van der Waals surface area contributed by atoms with Gasteiger partial charge in [0.05, 0.1) is 25.0 Å². The van der Waals surface area contributed by atoms with Gasteiger partial charge in [-0.15, -0.1) is 0 Å². The minimum Gasteiger partial charge on any atom is -0.494 e. The first-order chi connectivity index (χ1) is 12.7. The first kappa shape index (κ1) is 17.7. The number of rotatable bonds is 8. The lowest BCUT2D eigenvalue weighted by molar-refractivity contribution is -0.116. The molecule has 0 aliphatic rings. The number of amides is 1. The van der Waals surface area contributed by atoms with Gasteiger partial charge in [-0.1, -0.05) is 30.3 Å². The third kappa shape index (κ3) is 5.44. The maximum Gasteiger partial charge on any atom is 0.224 e. The fraction of sp³-hybridized carbons (Fsp3) is 0.200. The molecule has 0 radical (unpaired) electrons. The van der Waals surface area contributed by atoms with Crippen LogP contribution in [0, 0.1) is 5.82 Å². The zero-order chi connectivity index (χ0) is 18.2. The van der Waals surface area contributed by atoms with Gasteiger partial charge >= 0.3 is 0 Å². The first-order valence-electron chi connectivity index (χ1n) is 8.44. The number of halogens is 1. The van der Waals surface area contributed by atoms with E-state index in [1.807, 2.05) is 30.3 Å². The van der Waals surface area contributed by atoms with Crippen molar-refractivity contribution in [2.45, 2.75) is 19.4 Å². The molecule has 0 unspecified atom stereocenters. The largest absolute Gasteiger partial charge is 0.494 e. The number of carbonyl (C=O) groups is 1. The molecule has 0 spiro atoms. The van der Waals surface area contributed by atoms with Crippen LogP contribution >= 0.6 is 0 Å². The SMILES string of the molecule is O=C(CCCOc1ccc(F)cc1)Nc1cnn(Cc2ccccc2)c1. The summed E-state index contributed by atoms with van der Waals surface area (Å²) in [5.74, 6) is 0.200. The molecule has 6 heteroatoms. The molecule has 1 amide bonds. The Morgan fingerprint density at radius 1 is 1.12 bits per heavy atom. The second-order valence-electron chi connectivity index (χ2n) is 5.87. The molecule has 0 saturated heterocycles. The van der Waals surface area contributed by atoms with Crippen LogP contribution in [0.5, 0.6) is 5.75 Å². The zero-order valence-corrected chi connectivity index (χ0v) is 14.3. The zero-order valence-electron chi connectivity index (χ0n) is 14.3. The second kappa shape index (κ2) is 8.80. The van der Waals surface area contributed by atoms with Crippen LogP contribution < -0.4 is 10.1 Å². The van der Waals surface area contributed by atoms with Crippen molar-refractivity contribution >= 4 is 11.6 Å². The molecule has 0 atom stereocenters. The van der Waals surface area contributed by atoms with E-state index in [1.165, 1.54) is 12.1 Å². The number of aromatic nitrogens is 2. The Hall–Kier alpha value is -3.15. The molecule has 3 rings (SSSR count). The molecular formula is C20H20FN3O2. The van der Waals surface area contributed by atoms with Gasteiger partial charge in [0.2, 0.25) is 5.91 Å². The molecule has 0 saturated carbocycles. The summed E-state index contributed by atoms with van der Waals surface area (Å²) in [5.41, 5.74) is 1.82. The lowest BCUT2D eigenvalue weighted by Crippen LogP contribution is -2.12. The standard InChI is InChI=1S/C20H20FN3O2/c21-17-8-10-19(11-9-17)26-12-4-7-20(25)23-18-13-22-24(15-18)14-16-5-2-1-3-6-16/h1-3,5-6,8-11,13,15H,4,7,12,14H2,(H,23,25). The quantitative estimate of drug-likeness (QED) is 0.626. The van der Waals surface area contributed by atoms with Crippen molar-refractivity contribution in [1.29, 1.82) is 0 Å². The number of nitrogens with one attached hydrogen (secondary N) is 1. The summed E-state index contributed by atoms with van der Waals surface area (Å²) >= 11 is 0. The second-order valence-corrected chi connectivity index (χ2v) is 5.87. The smallest absolute Gasteiger partial charge is 0.224 e.